The average Bonchev–Trinajstić information content (AvgIpc) is 2.58. The van der Waals surface area contributed by atoms with Crippen molar-refractivity contribution in [1.29, 1.82) is 0 Å². The monoisotopic (exact) mass is 296 g/mol. The highest BCUT2D eigenvalue weighted by atomic mass is 16.6. The number of oxime groups is 1. The Hall–Kier alpha value is -2.62. The molecule has 0 saturated heterocycles. The lowest BCUT2D eigenvalue weighted by atomic mass is 10.1. The highest BCUT2D eigenvalue weighted by Gasteiger charge is 2.04. The van der Waals surface area contributed by atoms with Crippen LogP contribution in [0.25, 0.3) is 0 Å². The van der Waals surface area contributed by atoms with Crippen molar-refractivity contribution >= 4 is 12.1 Å². The molecule has 0 fully saturated rings. The van der Waals surface area contributed by atoms with Crippen LogP contribution in [0.2, 0.25) is 0 Å². The lowest BCUT2D eigenvalue weighted by Gasteiger charge is -2.05. The first-order chi connectivity index (χ1) is 10.8. The molecule has 0 aromatic heterocycles. The van der Waals surface area contributed by atoms with E-state index in [1.807, 2.05) is 30.3 Å². The predicted molar refractivity (Wildman–Crippen MR) is 88.1 cm³/mol. The number of aryl methyl sites for hydroxylation is 1. The van der Waals surface area contributed by atoms with E-state index in [9.17, 15) is 4.79 Å². The Morgan fingerprint density at radius 3 is 2.55 bits per heavy atom. The van der Waals surface area contributed by atoms with Gasteiger partial charge >= 0.3 is 0 Å². The first kappa shape index (κ1) is 15.8. The van der Waals surface area contributed by atoms with Crippen molar-refractivity contribution in [1.82, 2.24) is 5.32 Å². The van der Waals surface area contributed by atoms with Gasteiger partial charge in [0.2, 0.25) is 0 Å². The van der Waals surface area contributed by atoms with Crippen LogP contribution < -0.4 is 5.32 Å². The second-order valence-corrected chi connectivity index (χ2v) is 4.88. The standard InChI is InChI=1S/C18H20N2O2/c1-22-20-14-16-9-11-17(12-10-16)18(21)19-13-5-8-15-6-3-2-4-7-15/h2-4,6-7,9-12,14H,5,8,13H2,1H3,(H,19,21)/b20-14+. The third kappa shape index (κ3) is 5.05. The van der Waals surface area contributed by atoms with Crippen molar-refractivity contribution in [2.24, 2.45) is 5.16 Å². The highest BCUT2D eigenvalue weighted by molar-refractivity contribution is 5.94. The molecule has 0 aliphatic heterocycles. The number of carbonyl (C=O) groups is 1. The SMILES string of the molecule is CO/N=C/c1ccc(C(=O)NCCCc2ccccc2)cc1. The number of benzene rings is 2. The van der Waals surface area contributed by atoms with Crippen LogP contribution in [0.1, 0.15) is 27.9 Å². The van der Waals surface area contributed by atoms with Crippen LogP contribution in [-0.4, -0.2) is 25.8 Å². The molecule has 114 valence electrons. The van der Waals surface area contributed by atoms with Gasteiger partial charge in [0.15, 0.2) is 0 Å². The molecule has 4 heteroatoms. The molecule has 22 heavy (non-hydrogen) atoms. The smallest absolute Gasteiger partial charge is 0.251 e. The minimum atomic E-state index is -0.0525. The molecule has 0 atom stereocenters. The fourth-order valence-electron chi connectivity index (χ4n) is 2.08. The van der Waals surface area contributed by atoms with Gasteiger partial charge in [0.1, 0.15) is 7.11 Å². The van der Waals surface area contributed by atoms with E-state index in [-0.39, 0.29) is 5.91 Å². The Kier molecular flexibility index (Phi) is 6.18. The Labute approximate surface area is 130 Å². The third-order valence-corrected chi connectivity index (χ3v) is 3.25. The maximum atomic E-state index is 12.0. The summed E-state index contributed by atoms with van der Waals surface area (Å²) < 4.78 is 0. The molecule has 0 spiro atoms. The topological polar surface area (TPSA) is 50.7 Å². The summed E-state index contributed by atoms with van der Waals surface area (Å²) in [5, 5.41) is 6.62. The van der Waals surface area contributed by atoms with Gasteiger partial charge in [-0.1, -0.05) is 47.6 Å². The zero-order valence-corrected chi connectivity index (χ0v) is 12.7. The molecule has 0 radical (unpaired) electrons. The average molecular weight is 296 g/mol. The van der Waals surface area contributed by atoms with Crippen molar-refractivity contribution in [3.05, 3.63) is 71.3 Å². The third-order valence-electron chi connectivity index (χ3n) is 3.25. The second kappa shape index (κ2) is 8.62. The van der Waals surface area contributed by atoms with Crippen molar-refractivity contribution < 1.29 is 9.63 Å². The first-order valence-corrected chi connectivity index (χ1v) is 7.28. The molecule has 0 unspecified atom stereocenters. The quantitative estimate of drug-likeness (QED) is 0.485. The van der Waals surface area contributed by atoms with Crippen LogP contribution in [0.3, 0.4) is 0 Å². The highest BCUT2D eigenvalue weighted by Crippen LogP contribution is 2.04. The van der Waals surface area contributed by atoms with E-state index >= 15 is 0 Å². The molecule has 2 rings (SSSR count). The van der Waals surface area contributed by atoms with Gasteiger partial charge in [0.25, 0.3) is 5.91 Å². The van der Waals surface area contributed by atoms with E-state index in [2.05, 4.69) is 27.4 Å². The summed E-state index contributed by atoms with van der Waals surface area (Å²) in [6, 6.07) is 17.5. The summed E-state index contributed by atoms with van der Waals surface area (Å²) in [7, 11) is 1.49. The maximum Gasteiger partial charge on any atom is 0.251 e. The van der Waals surface area contributed by atoms with Crippen LogP contribution in [0, 0.1) is 0 Å². The summed E-state index contributed by atoms with van der Waals surface area (Å²) in [6.07, 6.45) is 3.49. The molecule has 0 aliphatic rings. The summed E-state index contributed by atoms with van der Waals surface area (Å²) in [6.45, 7) is 0.667. The van der Waals surface area contributed by atoms with Gasteiger partial charge in [0.05, 0.1) is 6.21 Å². The largest absolute Gasteiger partial charge is 0.399 e. The number of hydrogen-bond acceptors (Lipinski definition) is 3. The molecule has 4 nitrogen and oxygen atoms in total. The molecule has 2 aromatic rings. The molecular weight excluding hydrogens is 276 g/mol. The minimum absolute atomic E-state index is 0.0525. The molecule has 0 heterocycles. The zero-order valence-electron chi connectivity index (χ0n) is 12.7. The molecule has 0 aliphatic carbocycles. The lowest BCUT2D eigenvalue weighted by molar-refractivity contribution is 0.0953. The van der Waals surface area contributed by atoms with Crippen LogP contribution in [0.4, 0.5) is 0 Å². The van der Waals surface area contributed by atoms with Gasteiger partial charge in [-0.15, -0.1) is 0 Å². The Bertz CT molecular complexity index is 607. The van der Waals surface area contributed by atoms with Gasteiger partial charge in [-0.05, 0) is 36.1 Å². The van der Waals surface area contributed by atoms with Crippen molar-refractivity contribution in [3.63, 3.8) is 0 Å². The Morgan fingerprint density at radius 1 is 1.14 bits per heavy atom. The number of nitrogens with zero attached hydrogens (tertiary/aromatic N) is 1. The Balaban J connectivity index is 1.76. The van der Waals surface area contributed by atoms with E-state index in [0.717, 1.165) is 18.4 Å². The molecule has 0 saturated carbocycles. The van der Waals surface area contributed by atoms with E-state index in [0.29, 0.717) is 12.1 Å². The summed E-state index contributed by atoms with van der Waals surface area (Å²) >= 11 is 0. The van der Waals surface area contributed by atoms with Crippen molar-refractivity contribution in [3.8, 4) is 0 Å². The van der Waals surface area contributed by atoms with Crippen molar-refractivity contribution in [2.45, 2.75) is 12.8 Å². The number of nitrogens with one attached hydrogen (secondary N) is 1. The number of amides is 1. The zero-order chi connectivity index (χ0) is 15.6. The molecule has 0 bridgehead atoms. The van der Waals surface area contributed by atoms with Gasteiger partial charge in [0, 0.05) is 12.1 Å². The minimum Gasteiger partial charge on any atom is -0.399 e. The van der Waals surface area contributed by atoms with Crippen LogP contribution in [0.5, 0.6) is 0 Å². The van der Waals surface area contributed by atoms with Crippen LogP contribution in [-0.2, 0) is 11.3 Å². The Morgan fingerprint density at radius 2 is 1.86 bits per heavy atom. The summed E-state index contributed by atoms with van der Waals surface area (Å²) in [4.78, 5) is 16.6. The summed E-state index contributed by atoms with van der Waals surface area (Å²) in [5.74, 6) is -0.0525. The van der Waals surface area contributed by atoms with Crippen LogP contribution in [0.15, 0.2) is 59.8 Å². The van der Waals surface area contributed by atoms with Crippen LogP contribution >= 0.6 is 0 Å². The lowest BCUT2D eigenvalue weighted by Crippen LogP contribution is -2.24. The second-order valence-electron chi connectivity index (χ2n) is 4.88. The number of rotatable bonds is 7. The normalized spacial score (nSPS) is 10.6. The fourth-order valence-corrected chi connectivity index (χ4v) is 2.08. The van der Waals surface area contributed by atoms with E-state index in [4.69, 9.17) is 0 Å². The molecule has 2 aromatic carbocycles. The van der Waals surface area contributed by atoms with Gasteiger partial charge in [-0.25, -0.2) is 0 Å². The van der Waals surface area contributed by atoms with E-state index in [1.165, 1.54) is 12.7 Å². The van der Waals surface area contributed by atoms with Gasteiger partial charge < -0.3 is 10.2 Å². The molecular formula is C18H20N2O2. The van der Waals surface area contributed by atoms with Gasteiger partial charge in [-0.3, -0.25) is 4.79 Å². The van der Waals surface area contributed by atoms with E-state index in [1.54, 1.807) is 18.3 Å². The molecule has 1 amide bonds. The van der Waals surface area contributed by atoms with Crippen molar-refractivity contribution in [2.75, 3.05) is 13.7 Å². The fraction of sp³-hybridized carbons (Fsp3) is 0.222. The first-order valence-electron chi connectivity index (χ1n) is 7.28. The summed E-state index contributed by atoms with van der Waals surface area (Å²) in [5.41, 5.74) is 2.83. The van der Waals surface area contributed by atoms with E-state index < -0.39 is 0 Å². The number of carbonyl (C=O) groups excluding carboxylic acids is 1. The predicted octanol–water partition coefficient (Wildman–Crippen LogP) is 3.03. The molecule has 1 N–H and O–H groups in total. The van der Waals surface area contributed by atoms with Gasteiger partial charge in [-0.2, -0.15) is 0 Å². The maximum absolute atomic E-state index is 12.0. The number of hydrogen-bond donors (Lipinski definition) is 1.